The molecule has 1 amide bonds. The second-order valence-electron chi connectivity index (χ2n) is 6.14. The van der Waals surface area contributed by atoms with Crippen molar-refractivity contribution in [2.24, 2.45) is 0 Å². The van der Waals surface area contributed by atoms with Crippen LogP contribution in [0.15, 0.2) is 12.4 Å². The van der Waals surface area contributed by atoms with Crippen LogP contribution in [-0.4, -0.2) is 80.0 Å². The minimum atomic E-state index is -3.01. The molecule has 1 unspecified atom stereocenters. The Balaban J connectivity index is 1.59. The highest BCUT2D eigenvalue weighted by Gasteiger charge is 2.29. The van der Waals surface area contributed by atoms with Gasteiger partial charge in [-0.25, -0.2) is 18.4 Å². The van der Waals surface area contributed by atoms with Gasteiger partial charge in [0.05, 0.1) is 17.1 Å². The van der Waals surface area contributed by atoms with E-state index in [1.807, 2.05) is 0 Å². The quantitative estimate of drug-likeness (QED) is 0.766. The number of amides is 1. The van der Waals surface area contributed by atoms with Crippen LogP contribution in [0.2, 0.25) is 0 Å². The highest BCUT2D eigenvalue weighted by molar-refractivity contribution is 7.91. The van der Waals surface area contributed by atoms with Gasteiger partial charge in [-0.3, -0.25) is 4.79 Å². The van der Waals surface area contributed by atoms with E-state index in [1.165, 1.54) is 12.4 Å². The molecule has 2 saturated heterocycles. The third-order valence-electron chi connectivity index (χ3n) is 4.25. The van der Waals surface area contributed by atoms with Crippen molar-refractivity contribution in [3.63, 3.8) is 0 Å². The maximum Gasteiger partial charge on any atom is 0.254 e. The largest absolute Gasteiger partial charge is 0.348 e. The van der Waals surface area contributed by atoms with E-state index in [-0.39, 0.29) is 23.5 Å². The minimum Gasteiger partial charge on any atom is -0.348 e. The highest BCUT2D eigenvalue weighted by Crippen LogP contribution is 2.13. The second-order valence-corrected chi connectivity index (χ2v) is 8.36. The highest BCUT2D eigenvalue weighted by atomic mass is 32.2. The molecule has 9 heteroatoms. The third kappa shape index (κ3) is 3.97. The van der Waals surface area contributed by atoms with Gasteiger partial charge in [0.25, 0.3) is 5.91 Å². The molecule has 0 aromatic carbocycles. The first-order chi connectivity index (χ1) is 10.9. The number of piperazine rings is 1. The van der Waals surface area contributed by atoms with Gasteiger partial charge in [-0.2, -0.15) is 0 Å². The summed E-state index contributed by atoms with van der Waals surface area (Å²) in [6.45, 7) is 3.65. The fourth-order valence-electron chi connectivity index (χ4n) is 2.79. The van der Waals surface area contributed by atoms with E-state index in [0.717, 1.165) is 26.2 Å². The fraction of sp³-hybridized carbons (Fsp3) is 0.643. The Labute approximate surface area is 135 Å². The zero-order valence-electron chi connectivity index (χ0n) is 13.1. The Morgan fingerprint density at radius 3 is 2.43 bits per heavy atom. The summed E-state index contributed by atoms with van der Waals surface area (Å²) in [5, 5.41) is 2.74. The number of nitrogens with one attached hydrogen (secondary N) is 1. The lowest BCUT2D eigenvalue weighted by Crippen LogP contribution is -2.45. The number of sulfone groups is 1. The molecule has 0 radical (unpaired) electrons. The molecule has 1 atom stereocenters. The molecule has 0 spiro atoms. The molecule has 126 valence electrons. The topological polar surface area (TPSA) is 95.5 Å². The van der Waals surface area contributed by atoms with Gasteiger partial charge >= 0.3 is 0 Å². The van der Waals surface area contributed by atoms with Crippen molar-refractivity contribution in [2.75, 3.05) is 49.6 Å². The Morgan fingerprint density at radius 2 is 1.87 bits per heavy atom. The number of hydrogen-bond acceptors (Lipinski definition) is 7. The molecule has 1 N–H and O–H groups in total. The molecule has 23 heavy (non-hydrogen) atoms. The van der Waals surface area contributed by atoms with Crippen LogP contribution >= 0.6 is 0 Å². The molecule has 2 aliphatic heterocycles. The van der Waals surface area contributed by atoms with Crippen molar-refractivity contribution in [2.45, 2.75) is 12.5 Å². The van der Waals surface area contributed by atoms with Gasteiger partial charge in [0.2, 0.25) is 5.95 Å². The number of rotatable bonds is 3. The summed E-state index contributed by atoms with van der Waals surface area (Å²) in [5.41, 5.74) is 0.354. The van der Waals surface area contributed by atoms with E-state index in [9.17, 15) is 13.2 Å². The summed E-state index contributed by atoms with van der Waals surface area (Å²) in [7, 11) is -0.927. The molecular weight excluding hydrogens is 318 g/mol. The van der Waals surface area contributed by atoms with Crippen LogP contribution in [0.3, 0.4) is 0 Å². The summed E-state index contributed by atoms with van der Waals surface area (Å²) in [6.07, 6.45) is 3.47. The van der Waals surface area contributed by atoms with Crippen LogP contribution in [0.1, 0.15) is 16.8 Å². The van der Waals surface area contributed by atoms with E-state index >= 15 is 0 Å². The first-order valence-electron chi connectivity index (χ1n) is 7.70. The standard InChI is InChI=1S/C14H21N5O3S/c1-18-3-5-19(6-4-18)14-15-8-11(9-16-14)13(20)17-12-2-7-23(21,22)10-12/h8-9,12H,2-7,10H2,1H3,(H,17,20). The molecule has 0 bridgehead atoms. The number of hydrogen-bond donors (Lipinski definition) is 1. The van der Waals surface area contributed by atoms with Crippen LogP contribution in [-0.2, 0) is 9.84 Å². The van der Waals surface area contributed by atoms with Gasteiger partial charge in [0.1, 0.15) is 0 Å². The monoisotopic (exact) mass is 339 g/mol. The van der Waals surface area contributed by atoms with Gasteiger partial charge in [-0.15, -0.1) is 0 Å². The van der Waals surface area contributed by atoms with E-state index in [2.05, 4.69) is 32.1 Å². The number of nitrogens with zero attached hydrogens (tertiary/aromatic N) is 4. The van der Waals surface area contributed by atoms with Crippen LogP contribution in [0.25, 0.3) is 0 Å². The Morgan fingerprint density at radius 1 is 1.22 bits per heavy atom. The van der Waals surface area contributed by atoms with Crippen LogP contribution in [0.5, 0.6) is 0 Å². The molecule has 1 aromatic heterocycles. The number of anilines is 1. The molecule has 3 rings (SSSR count). The molecular formula is C14H21N5O3S. The summed E-state index contributed by atoms with van der Waals surface area (Å²) in [4.78, 5) is 25.0. The van der Waals surface area contributed by atoms with Gasteiger partial charge in [0, 0.05) is 44.6 Å². The molecule has 8 nitrogen and oxygen atoms in total. The van der Waals surface area contributed by atoms with E-state index in [4.69, 9.17) is 0 Å². The van der Waals surface area contributed by atoms with Gasteiger partial charge in [-0.05, 0) is 13.5 Å². The summed E-state index contributed by atoms with van der Waals surface area (Å²) in [5.74, 6) is 0.450. The van der Waals surface area contributed by atoms with Gasteiger partial charge in [0.15, 0.2) is 9.84 Å². The van der Waals surface area contributed by atoms with E-state index in [0.29, 0.717) is 17.9 Å². The summed E-state index contributed by atoms with van der Waals surface area (Å²) in [6, 6.07) is -0.315. The van der Waals surface area contributed by atoms with Crippen molar-refractivity contribution >= 4 is 21.7 Å². The molecule has 1 aromatic rings. The average Bonchev–Trinajstić information content (AvgIpc) is 2.87. The predicted octanol–water partition coefficient (Wildman–Crippen LogP) is -0.855. The van der Waals surface area contributed by atoms with E-state index in [1.54, 1.807) is 0 Å². The van der Waals surface area contributed by atoms with Crippen molar-refractivity contribution < 1.29 is 13.2 Å². The van der Waals surface area contributed by atoms with Gasteiger partial charge < -0.3 is 15.1 Å². The Bertz CT molecular complexity index is 668. The fourth-order valence-corrected chi connectivity index (χ4v) is 4.46. The minimum absolute atomic E-state index is 0.0129. The van der Waals surface area contributed by atoms with Crippen molar-refractivity contribution in [1.29, 1.82) is 0 Å². The summed E-state index contributed by atoms with van der Waals surface area (Å²) >= 11 is 0. The number of likely N-dealkylation sites (N-methyl/N-ethyl adjacent to an activating group) is 1. The smallest absolute Gasteiger partial charge is 0.254 e. The SMILES string of the molecule is CN1CCN(c2ncc(C(=O)NC3CCS(=O)(=O)C3)cn2)CC1. The second kappa shape index (κ2) is 6.40. The lowest BCUT2D eigenvalue weighted by Gasteiger charge is -2.32. The predicted molar refractivity (Wildman–Crippen MR) is 86.3 cm³/mol. The maximum absolute atomic E-state index is 12.1. The first kappa shape index (κ1) is 16.1. The molecule has 2 fully saturated rings. The lowest BCUT2D eigenvalue weighted by atomic mass is 10.2. The summed E-state index contributed by atoms with van der Waals surface area (Å²) < 4.78 is 22.8. The number of aromatic nitrogens is 2. The lowest BCUT2D eigenvalue weighted by molar-refractivity contribution is 0.0940. The van der Waals surface area contributed by atoms with Crippen molar-refractivity contribution in [3.05, 3.63) is 18.0 Å². The van der Waals surface area contributed by atoms with Crippen molar-refractivity contribution in [1.82, 2.24) is 20.2 Å². The van der Waals surface area contributed by atoms with Crippen LogP contribution in [0.4, 0.5) is 5.95 Å². The zero-order valence-corrected chi connectivity index (χ0v) is 13.9. The maximum atomic E-state index is 12.1. The Hall–Kier alpha value is -1.74. The number of carbonyl (C=O) groups is 1. The zero-order chi connectivity index (χ0) is 16.4. The Kier molecular flexibility index (Phi) is 4.49. The average molecular weight is 339 g/mol. The normalized spacial score (nSPS) is 24.6. The third-order valence-corrected chi connectivity index (χ3v) is 6.02. The van der Waals surface area contributed by atoms with Crippen LogP contribution in [0, 0.1) is 0 Å². The van der Waals surface area contributed by atoms with Gasteiger partial charge in [-0.1, -0.05) is 0 Å². The van der Waals surface area contributed by atoms with Crippen LogP contribution < -0.4 is 10.2 Å². The molecule has 0 aliphatic carbocycles. The molecule has 0 saturated carbocycles. The van der Waals surface area contributed by atoms with E-state index < -0.39 is 9.84 Å². The molecule has 2 aliphatic rings. The van der Waals surface area contributed by atoms with Crippen molar-refractivity contribution in [3.8, 4) is 0 Å². The molecule has 3 heterocycles. The number of carbonyl (C=O) groups excluding carboxylic acids is 1. The first-order valence-corrected chi connectivity index (χ1v) is 9.52.